The fourth-order valence-corrected chi connectivity index (χ4v) is 2.34. The number of benzene rings is 1. The van der Waals surface area contributed by atoms with Gasteiger partial charge in [0.2, 0.25) is 0 Å². The second-order valence-electron chi connectivity index (χ2n) is 5.17. The highest BCUT2D eigenvalue weighted by atomic mass is 16.4. The summed E-state index contributed by atoms with van der Waals surface area (Å²) in [5.74, 6) is 0.996. The van der Waals surface area contributed by atoms with Gasteiger partial charge in [-0.1, -0.05) is 5.16 Å². The summed E-state index contributed by atoms with van der Waals surface area (Å²) >= 11 is 0. The first kappa shape index (κ1) is 12.7. The van der Waals surface area contributed by atoms with Gasteiger partial charge >= 0.3 is 0 Å². The van der Waals surface area contributed by atoms with E-state index in [1.54, 1.807) is 0 Å². The zero-order valence-corrected chi connectivity index (χ0v) is 11.2. The van der Waals surface area contributed by atoms with Gasteiger partial charge in [0.05, 0.1) is 0 Å². The summed E-state index contributed by atoms with van der Waals surface area (Å²) in [6.07, 6.45) is 2.68. The first-order chi connectivity index (χ1) is 8.54. The van der Waals surface area contributed by atoms with Crippen molar-refractivity contribution >= 4 is 11.5 Å². The molecule has 1 unspecified atom stereocenters. The number of rotatable bonds is 4. The van der Waals surface area contributed by atoms with E-state index in [-0.39, 0.29) is 5.84 Å². The lowest BCUT2D eigenvalue weighted by Gasteiger charge is -2.27. The number of hydrogen-bond donors (Lipinski definition) is 2. The minimum atomic E-state index is 0.164. The Kier molecular flexibility index (Phi) is 3.45. The Labute approximate surface area is 108 Å². The Bertz CT molecular complexity index is 466. The predicted octanol–water partition coefficient (Wildman–Crippen LogP) is 2.32. The van der Waals surface area contributed by atoms with Crippen LogP contribution in [0.1, 0.15) is 30.9 Å². The van der Waals surface area contributed by atoms with Crippen molar-refractivity contribution in [2.24, 2.45) is 16.8 Å². The quantitative estimate of drug-likeness (QED) is 0.371. The zero-order chi connectivity index (χ0) is 13.3. The summed E-state index contributed by atoms with van der Waals surface area (Å²) in [6, 6.07) is 6.60. The van der Waals surface area contributed by atoms with Crippen molar-refractivity contribution in [2.45, 2.75) is 32.7 Å². The van der Waals surface area contributed by atoms with Crippen LogP contribution in [0.2, 0.25) is 0 Å². The molecule has 0 spiro atoms. The molecule has 4 nitrogen and oxygen atoms in total. The van der Waals surface area contributed by atoms with E-state index in [1.807, 2.05) is 19.1 Å². The van der Waals surface area contributed by atoms with E-state index in [0.717, 1.165) is 17.0 Å². The highest BCUT2D eigenvalue weighted by Crippen LogP contribution is 2.36. The van der Waals surface area contributed by atoms with Gasteiger partial charge in [-0.2, -0.15) is 0 Å². The van der Waals surface area contributed by atoms with Gasteiger partial charge in [0, 0.05) is 24.3 Å². The van der Waals surface area contributed by atoms with Crippen LogP contribution in [0.15, 0.2) is 23.4 Å². The molecule has 0 aliphatic heterocycles. The van der Waals surface area contributed by atoms with Crippen LogP contribution in [0.4, 0.5) is 5.69 Å². The molecule has 1 aromatic rings. The van der Waals surface area contributed by atoms with Crippen LogP contribution in [0.3, 0.4) is 0 Å². The average Bonchev–Trinajstić information content (AvgIpc) is 3.20. The van der Waals surface area contributed by atoms with Crippen LogP contribution in [-0.4, -0.2) is 24.1 Å². The van der Waals surface area contributed by atoms with Crippen LogP contribution in [-0.2, 0) is 0 Å². The minimum Gasteiger partial charge on any atom is -0.409 e. The topological polar surface area (TPSA) is 61.8 Å². The fourth-order valence-electron chi connectivity index (χ4n) is 2.34. The SMILES string of the molecule is Cc1cc(N(C)C(C)C2CC2)ccc1/C(N)=N/O. The van der Waals surface area contributed by atoms with Crippen LogP contribution >= 0.6 is 0 Å². The molecule has 0 amide bonds. The molecule has 2 rings (SSSR count). The van der Waals surface area contributed by atoms with Crippen molar-refractivity contribution in [3.63, 3.8) is 0 Å². The van der Waals surface area contributed by atoms with Crippen molar-refractivity contribution < 1.29 is 5.21 Å². The molecule has 98 valence electrons. The molecule has 3 N–H and O–H groups in total. The van der Waals surface area contributed by atoms with Crippen molar-refractivity contribution in [2.75, 3.05) is 11.9 Å². The van der Waals surface area contributed by atoms with Gasteiger partial charge in [0.25, 0.3) is 0 Å². The second kappa shape index (κ2) is 4.88. The third-order valence-electron chi connectivity index (χ3n) is 3.92. The molecule has 0 bridgehead atoms. The van der Waals surface area contributed by atoms with Crippen molar-refractivity contribution in [1.29, 1.82) is 0 Å². The zero-order valence-electron chi connectivity index (χ0n) is 11.2. The van der Waals surface area contributed by atoms with E-state index in [4.69, 9.17) is 10.9 Å². The maximum atomic E-state index is 8.71. The molecule has 4 heteroatoms. The summed E-state index contributed by atoms with van der Waals surface area (Å²) in [7, 11) is 2.13. The molecule has 1 fully saturated rings. The van der Waals surface area contributed by atoms with Gasteiger partial charge in [-0.15, -0.1) is 0 Å². The second-order valence-corrected chi connectivity index (χ2v) is 5.17. The van der Waals surface area contributed by atoms with Gasteiger partial charge in [-0.25, -0.2) is 0 Å². The maximum Gasteiger partial charge on any atom is 0.170 e. The Balaban J connectivity index is 2.22. The van der Waals surface area contributed by atoms with Crippen molar-refractivity contribution in [3.05, 3.63) is 29.3 Å². The number of nitrogens with two attached hydrogens (primary N) is 1. The van der Waals surface area contributed by atoms with Gasteiger partial charge < -0.3 is 15.8 Å². The first-order valence-corrected chi connectivity index (χ1v) is 6.36. The molecule has 1 aromatic carbocycles. The van der Waals surface area contributed by atoms with E-state index in [9.17, 15) is 0 Å². The van der Waals surface area contributed by atoms with Crippen molar-refractivity contribution in [1.82, 2.24) is 0 Å². The van der Waals surface area contributed by atoms with Crippen LogP contribution in [0.25, 0.3) is 0 Å². The molecule has 0 saturated heterocycles. The summed E-state index contributed by atoms with van der Waals surface area (Å²) in [6.45, 7) is 4.25. The molecule has 0 aromatic heterocycles. The average molecular weight is 247 g/mol. The van der Waals surface area contributed by atoms with Crippen LogP contribution in [0, 0.1) is 12.8 Å². The molecular weight excluding hydrogens is 226 g/mol. The lowest BCUT2D eigenvalue weighted by molar-refractivity contribution is 0.318. The van der Waals surface area contributed by atoms with E-state index < -0.39 is 0 Å². The Morgan fingerprint density at radius 1 is 1.50 bits per heavy atom. The number of hydrogen-bond acceptors (Lipinski definition) is 3. The lowest BCUT2D eigenvalue weighted by atomic mass is 10.1. The Morgan fingerprint density at radius 3 is 2.67 bits per heavy atom. The first-order valence-electron chi connectivity index (χ1n) is 6.36. The molecule has 1 saturated carbocycles. The normalized spacial score (nSPS) is 17.6. The molecule has 18 heavy (non-hydrogen) atoms. The molecule has 1 aliphatic rings. The third-order valence-corrected chi connectivity index (χ3v) is 3.92. The highest BCUT2D eigenvalue weighted by Gasteiger charge is 2.30. The number of amidine groups is 1. The van der Waals surface area contributed by atoms with Crippen LogP contribution < -0.4 is 10.6 Å². The minimum absolute atomic E-state index is 0.164. The Morgan fingerprint density at radius 2 is 2.17 bits per heavy atom. The number of nitrogens with zero attached hydrogens (tertiary/aromatic N) is 2. The van der Waals surface area contributed by atoms with Gasteiger partial charge in [-0.3, -0.25) is 0 Å². The molecule has 0 radical (unpaired) electrons. The van der Waals surface area contributed by atoms with Gasteiger partial charge in [0.1, 0.15) is 0 Å². The number of aryl methyl sites for hydroxylation is 1. The van der Waals surface area contributed by atoms with E-state index in [1.165, 1.54) is 18.5 Å². The summed E-state index contributed by atoms with van der Waals surface area (Å²) < 4.78 is 0. The largest absolute Gasteiger partial charge is 0.409 e. The number of anilines is 1. The molecule has 0 heterocycles. The molecular formula is C14H21N3O. The van der Waals surface area contributed by atoms with E-state index >= 15 is 0 Å². The van der Waals surface area contributed by atoms with Crippen molar-refractivity contribution in [3.8, 4) is 0 Å². The summed E-state index contributed by atoms with van der Waals surface area (Å²) in [5, 5.41) is 11.8. The molecule has 1 aliphatic carbocycles. The van der Waals surface area contributed by atoms with E-state index in [0.29, 0.717) is 6.04 Å². The maximum absolute atomic E-state index is 8.71. The summed E-state index contributed by atoms with van der Waals surface area (Å²) in [4.78, 5) is 2.31. The number of oxime groups is 1. The highest BCUT2D eigenvalue weighted by molar-refractivity contribution is 5.98. The summed E-state index contributed by atoms with van der Waals surface area (Å²) in [5.41, 5.74) is 8.62. The predicted molar refractivity (Wildman–Crippen MR) is 74.3 cm³/mol. The van der Waals surface area contributed by atoms with Gasteiger partial charge in [-0.05, 0) is 56.4 Å². The smallest absolute Gasteiger partial charge is 0.170 e. The monoisotopic (exact) mass is 247 g/mol. The van der Waals surface area contributed by atoms with Crippen LogP contribution in [0.5, 0.6) is 0 Å². The van der Waals surface area contributed by atoms with Gasteiger partial charge in [0.15, 0.2) is 5.84 Å². The molecule has 1 atom stereocenters. The Hall–Kier alpha value is -1.71. The van der Waals surface area contributed by atoms with E-state index in [2.05, 4.69) is 30.1 Å². The standard InChI is InChI=1S/C14H21N3O/c1-9-8-12(6-7-13(9)14(15)16-18)17(3)10(2)11-4-5-11/h6-8,10-11,18H,4-5H2,1-3H3,(H2,15,16). The lowest BCUT2D eigenvalue weighted by Crippen LogP contribution is -2.30. The third kappa shape index (κ3) is 2.42. The fraction of sp³-hybridized carbons (Fsp3) is 0.500.